The van der Waals surface area contributed by atoms with Crippen LogP contribution in [0, 0.1) is 5.92 Å². The van der Waals surface area contributed by atoms with Crippen molar-refractivity contribution < 1.29 is 14.3 Å². The molecule has 2 aromatic rings. The number of ether oxygens (including phenoxy) is 1. The Morgan fingerprint density at radius 2 is 1.71 bits per heavy atom. The third-order valence-electron chi connectivity index (χ3n) is 6.17. The molecule has 6 nitrogen and oxygen atoms in total. The van der Waals surface area contributed by atoms with E-state index in [4.69, 9.17) is 4.74 Å². The van der Waals surface area contributed by atoms with Gasteiger partial charge >= 0.3 is 0 Å². The van der Waals surface area contributed by atoms with E-state index in [-0.39, 0.29) is 17.7 Å². The molecule has 0 spiro atoms. The first-order valence-electron chi connectivity index (χ1n) is 11.2. The summed E-state index contributed by atoms with van der Waals surface area (Å²) in [6, 6.07) is 18.2. The molecule has 0 aliphatic carbocycles. The Hall–Kier alpha value is -3.02. The summed E-state index contributed by atoms with van der Waals surface area (Å²) in [4.78, 5) is 31.6. The van der Waals surface area contributed by atoms with Gasteiger partial charge in [-0.3, -0.25) is 9.59 Å². The van der Waals surface area contributed by atoms with E-state index in [0.29, 0.717) is 39.2 Å². The Balaban J connectivity index is 1.29. The van der Waals surface area contributed by atoms with Gasteiger partial charge in [0, 0.05) is 45.7 Å². The Morgan fingerprint density at radius 3 is 2.45 bits per heavy atom. The number of nitrogens with zero attached hydrogens (tertiary/aromatic N) is 3. The van der Waals surface area contributed by atoms with Crippen molar-refractivity contribution in [2.75, 3.05) is 50.8 Å². The van der Waals surface area contributed by atoms with Crippen LogP contribution in [-0.2, 0) is 16.0 Å². The minimum Gasteiger partial charge on any atom is -0.492 e. The van der Waals surface area contributed by atoms with Crippen LogP contribution in [0.15, 0.2) is 54.6 Å². The van der Waals surface area contributed by atoms with E-state index in [0.717, 1.165) is 30.9 Å². The molecule has 2 saturated heterocycles. The van der Waals surface area contributed by atoms with Crippen molar-refractivity contribution in [3.8, 4) is 5.75 Å². The van der Waals surface area contributed by atoms with Crippen molar-refractivity contribution in [3.63, 3.8) is 0 Å². The molecule has 6 heteroatoms. The lowest BCUT2D eigenvalue weighted by molar-refractivity contribution is -0.136. The fourth-order valence-electron chi connectivity index (χ4n) is 4.48. The predicted molar refractivity (Wildman–Crippen MR) is 121 cm³/mol. The van der Waals surface area contributed by atoms with Crippen molar-refractivity contribution in [2.24, 2.45) is 5.92 Å². The van der Waals surface area contributed by atoms with Gasteiger partial charge in [-0.15, -0.1) is 0 Å². The summed E-state index contributed by atoms with van der Waals surface area (Å²) in [7, 11) is 0. The largest absolute Gasteiger partial charge is 0.492 e. The lowest BCUT2D eigenvalue weighted by Gasteiger charge is -2.37. The first-order valence-corrected chi connectivity index (χ1v) is 11.2. The quantitative estimate of drug-likeness (QED) is 0.690. The molecule has 0 N–H and O–H groups in total. The molecule has 2 fully saturated rings. The summed E-state index contributed by atoms with van der Waals surface area (Å²) < 4.78 is 5.76. The lowest BCUT2D eigenvalue weighted by Crippen LogP contribution is -2.50. The van der Waals surface area contributed by atoms with Crippen molar-refractivity contribution in [1.29, 1.82) is 0 Å². The number of hydrogen-bond acceptors (Lipinski definition) is 4. The second kappa shape index (κ2) is 9.86. The average molecular weight is 422 g/mol. The van der Waals surface area contributed by atoms with Gasteiger partial charge < -0.3 is 19.4 Å². The highest BCUT2D eigenvalue weighted by molar-refractivity contribution is 5.89. The van der Waals surface area contributed by atoms with E-state index in [2.05, 4.69) is 23.1 Å². The molecule has 0 aromatic heterocycles. The zero-order chi connectivity index (χ0) is 21.6. The molecule has 4 rings (SSSR count). The van der Waals surface area contributed by atoms with Gasteiger partial charge in [0.2, 0.25) is 11.8 Å². The van der Waals surface area contributed by atoms with Crippen LogP contribution in [0.5, 0.6) is 5.75 Å². The van der Waals surface area contributed by atoms with Crippen LogP contribution in [0.25, 0.3) is 0 Å². The van der Waals surface area contributed by atoms with Crippen molar-refractivity contribution >= 4 is 17.5 Å². The molecular weight excluding hydrogens is 390 g/mol. The van der Waals surface area contributed by atoms with Gasteiger partial charge in [-0.25, -0.2) is 0 Å². The lowest BCUT2D eigenvalue weighted by atomic mass is 10.1. The standard InChI is InChI=1S/C25H31N3O3/c1-2-31-23-11-7-6-10-22(23)26-14-16-27(17-15-26)25(30)21-18-24(29)28(19-21)13-12-20-8-4-3-5-9-20/h3-11,21H,2,12-19H2,1H3. The van der Waals surface area contributed by atoms with E-state index in [9.17, 15) is 9.59 Å². The van der Waals surface area contributed by atoms with E-state index < -0.39 is 0 Å². The molecule has 2 aliphatic rings. The third kappa shape index (κ3) is 5.01. The number of piperazine rings is 1. The molecular formula is C25H31N3O3. The molecule has 0 radical (unpaired) electrons. The molecule has 2 amide bonds. The van der Waals surface area contributed by atoms with E-state index in [1.54, 1.807) is 0 Å². The number of benzene rings is 2. The summed E-state index contributed by atoms with van der Waals surface area (Å²) >= 11 is 0. The molecule has 164 valence electrons. The van der Waals surface area contributed by atoms with Crippen LogP contribution < -0.4 is 9.64 Å². The number of likely N-dealkylation sites (tertiary alicyclic amines) is 1. The van der Waals surface area contributed by atoms with Gasteiger partial charge in [0.25, 0.3) is 0 Å². The maximum Gasteiger partial charge on any atom is 0.228 e. The van der Waals surface area contributed by atoms with Crippen molar-refractivity contribution in [3.05, 3.63) is 60.2 Å². The molecule has 31 heavy (non-hydrogen) atoms. The summed E-state index contributed by atoms with van der Waals surface area (Å²) in [5.41, 5.74) is 2.30. The monoisotopic (exact) mass is 421 g/mol. The summed E-state index contributed by atoms with van der Waals surface area (Å²) in [6.45, 7) is 6.72. The topological polar surface area (TPSA) is 53.1 Å². The van der Waals surface area contributed by atoms with Crippen LogP contribution in [0.4, 0.5) is 5.69 Å². The van der Waals surface area contributed by atoms with E-state index in [1.807, 2.05) is 53.1 Å². The Labute approximate surface area is 184 Å². The first-order chi connectivity index (χ1) is 15.2. The van der Waals surface area contributed by atoms with E-state index in [1.165, 1.54) is 5.56 Å². The van der Waals surface area contributed by atoms with Crippen molar-refractivity contribution in [2.45, 2.75) is 19.8 Å². The summed E-state index contributed by atoms with van der Waals surface area (Å²) in [6.07, 6.45) is 1.16. The van der Waals surface area contributed by atoms with Crippen LogP contribution in [0.3, 0.4) is 0 Å². The maximum atomic E-state index is 13.1. The van der Waals surface area contributed by atoms with Gasteiger partial charge in [0.05, 0.1) is 18.2 Å². The fraction of sp³-hybridized carbons (Fsp3) is 0.440. The van der Waals surface area contributed by atoms with Gasteiger partial charge in [-0.05, 0) is 31.0 Å². The Morgan fingerprint density at radius 1 is 1.00 bits per heavy atom. The minimum atomic E-state index is -0.217. The number of hydrogen-bond donors (Lipinski definition) is 0. The Kier molecular flexibility index (Phi) is 6.75. The number of carbonyl (C=O) groups is 2. The van der Waals surface area contributed by atoms with Crippen LogP contribution in [0.2, 0.25) is 0 Å². The highest BCUT2D eigenvalue weighted by Crippen LogP contribution is 2.29. The maximum absolute atomic E-state index is 13.1. The third-order valence-corrected chi connectivity index (χ3v) is 6.17. The number of rotatable bonds is 7. The zero-order valence-corrected chi connectivity index (χ0v) is 18.2. The van der Waals surface area contributed by atoms with E-state index >= 15 is 0 Å². The van der Waals surface area contributed by atoms with Crippen molar-refractivity contribution in [1.82, 2.24) is 9.80 Å². The minimum absolute atomic E-state index is 0.0959. The fourth-order valence-corrected chi connectivity index (χ4v) is 4.48. The smallest absolute Gasteiger partial charge is 0.228 e. The van der Waals surface area contributed by atoms with Gasteiger partial charge in [0.1, 0.15) is 5.75 Å². The molecule has 2 aromatic carbocycles. The molecule has 2 aliphatic heterocycles. The highest BCUT2D eigenvalue weighted by atomic mass is 16.5. The Bertz CT molecular complexity index is 894. The molecule has 1 unspecified atom stereocenters. The number of carbonyl (C=O) groups excluding carboxylic acids is 2. The second-order valence-corrected chi connectivity index (χ2v) is 8.19. The number of amides is 2. The normalized spacial score (nSPS) is 19.1. The predicted octanol–water partition coefficient (Wildman–Crippen LogP) is 2.83. The molecule has 0 saturated carbocycles. The van der Waals surface area contributed by atoms with Gasteiger partial charge in [-0.1, -0.05) is 42.5 Å². The highest BCUT2D eigenvalue weighted by Gasteiger charge is 2.37. The second-order valence-electron chi connectivity index (χ2n) is 8.19. The van der Waals surface area contributed by atoms with Gasteiger partial charge in [-0.2, -0.15) is 0 Å². The SMILES string of the molecule is CCOc1ccccc1N1CCN(C(=O)C2CC(=O)N(CCc3ccccc3)C2)CC1. The van der Waals surface area contributed by atoms with Gasteiger partial charge in [0.15, 0.2) is 0 Å². The molecule has 0 bridgehead atoms. The van der Waals surface area contributed by atoms with Crippen LogP contribution in [0.1, 0.15) is 18.9 Å². The first kappa shape index (κ1) is 21.2. The zero-order valence-electron chi connectivity index (χ0n) is 18.2. The molecule has 1 atom stereocenters. The van der Waals surface area contributed by atoms with Crippen LogP contribution >= 0.6 is 0 Å². The van der Waals surface area contributed by atoms with Crippen LogP contribution in [-0.4, -0.2) is 67.5 Å². The summed E-state index contributed by atoms with van der Waals surface area (Å²) in [5.74, 6) is 0.887. The number of anilines is 1. The molecule has 2 heterocycles. The average Bonchev–Trinajstić information content (AvgIpc) is 3.19. The summed E-state index contributed by atoms with van der Waals surface area (Å²) in [5, 5.41) is 0. The number of para-hydroxylation sites is 2.